The van der Waals surface area contributed by atoms with Gasteiger partial charge in [0.25, 0.3) is 0 Å². The van der Waals surface area contributed by atoms with Gasteiger partial charge in [0.2, 0.25) is 0 Å². The molecule has 2 unspecified atom stereocenters. The summed E-state index contributed by atoms with van der Waals surface area (Å²) in [4.78, 5) is 72.3. The number of phosphoric acid groups is 2. The SMILES string of the molecule is CCCCCCCCCCCCCCCCCCC(=O)O[C@H](COC(=O)CCCCCCCCCCCCCC)COP(=O)(O)OC[C@@H](O)COP(=O)(O)OC[C@@H](COC(=O)CCCCCCCCC(C)C)OC(=O)CCCCCCCCC(C)C. The van der Waals surface area contributed by atoms with Gasteiger partial charge in [0.05, 0.1) is 26.4 Å². The molecule has 17 nitrogen and oxygen atoms in total. The fourth-order valence-corrected chi connectivity index (χ4v) is 11.6. The topological polar surface area (TPSA) is 237 Å². The van der Waals surface area contributed by atoms with Gasteiger partial charge >= 0.3 is 39.5 Å². The number of hydrogen-bond acceptors (Lipinski definition) is 15. The number of rotatable bonds is 66. The first-order valence-corrected chi connectivity index (χ1v) is 38.0. The van der Waals surface area contributed by atoms with Gasteiger partial charge in [-0.1, -0.05) is 286 Å². The Morgan fingerprint density at radius 1 is 0.314 bits per heavy atom. The molecule has 86 heavy (non-hydrogen) atoms. The highest BCUT2D eigenvalue weighted by Crippen LogP contribution is 2.45. The molecule has 0 rings (SSSR count). The minimum atomic E-state index is -4.95. The van der Waals surface area contributed by atoms with E-state index in [-0.39, 0.29) is 25.7 Å². The van der Waals surface area contributed by atoms with Crippen molar-refractivity contribution in [3.05, 3.63) is 0 Å². The lowest BCUT2D eigenvalue weighted by molar-refractivity contribution is -0.161. The summed E-state index contributed by atoms with van der Waals surface area (Å²) >= 11 is 0. The standard InChI is InChI=1S/C67H130O17P2/c1-7-9-11-13-15-17-19-21-22-23-24-26-28-30-39-45-51-66(71)83-62(55-77-64(69)49-43-37-29-27-25-20-18-16-14-12-10-8-2)57-81-85(73,74)79-53-61(68)54-80-86(75,76)82-58-63(84-67(72)52-46-40-34-32-36-42-48-60(5)6)56-78-65(70)50-44-38-33-31-35-41-47-59(3)4/h59-63,68H,7-58H2,1-6H3,(H,73,74)(H,75,76)/t61-,62-,63-/m1/s1. The van der Waals surface area contributed by atoms with Crippen LogP contribution in [0.25, 0.3) is 0 Å². The van der Waals surface area contributed by atoms with E-state index in [4.69, 9.17) is 37.0 Å². The van der Waals surface area contributed by atoms with Crippen molar-refractivity contribution in [2.75, 3.05) is 39.6 Å². The Balaban J connectivity index is 5.22. The minimum Gasteiger partial charge on any atom is -0.462 e. The summed E-state index contributed by atoms with van der Waals surface area (Å²) < 4.78 is 68.1. The van der Waals surface area contributed by atoms with Crippen molar-refractivity contribution in [2.24, 2.45) is 11.8 Å². The van der Waals surface area contributed by atoms with Gasteiger partial charge in [0.1, 0.15) is 19.3 Å². The lowest BCUT2D eigenvalue weighted by Crippen LogP contribution is -2.30. The average Bonchev–Trinajstić information content (AvgIpc) is 3.69. The van der Waals surface area contributed by atoms with Gasteiger partial charge in [0, 0.05) is 25.7 Å². The Morgan fingerprint density at radius 3 is 0.791 bits per heavy atom. The molecule has 510 valence electrons. The van der Waals surface area contributed by atoms with Crippen LogP contribution in [0, 0.1) is 11.8 Å². The maximum Gasteiger partial charge on any atom is 0.472 e. The maximum atomic E-state index is 13.0. The van der Waals surface area contributed by atoms with Crippen LogP contribution in [0.15, 0.2) is 0 Å². The summed E-state index contributed by atoms with van der Waals surface area (Å²) in [6.45, 7) is 9.35. The summed E-state index contributed by atoms with van der Waals surface area (Å²) in [5.41, 5.74) is 0. The zero-order chi connectivity index (χ0) is 63.6. The van der Waals surface area contributed by atoms with Crippen molar-refractivity contribution in [3.63, 3.8) is 0 Å². The average molecular weight is 1270 g/mol. The number of unbranched alkanes of at least 4 members (excludes halogenated alkanes) is 36. The molecule has 0 heterocycles. The summed E-state index contributed by atoms with van der Waals surface area (Å²) in [6, 6.07) is 0. The quantitative estimate of drug-likeness (QED) is 0.0222. The first-order chi connectivity index (χ1) is 41.4. The van der Waals surface area contributed by atoms with Gasteiger partial charge in [-0.05, 0) is 37.5 Å². The lowest BCUT2D eigenvalue weighted by atomic mass is 10.0. The molecule has 5 atom stereocenters. The Kier molecular flexibility index (Phi) is 58.0. The number of ether oxygens (including phenoxy) is 4. The van der Waals surface area contributed by atoms with E-state index in [9.17, 15) is 43.2 Å². The number of carbonyl (C=O) groups excluding carboxylic acids is 4. The molecule has 3 N–H and O–H groups in total. The van der Waals surface area contributed by atoms with E-state index < -0.39 is 97.5 Å². The molecular formula is C67H130O17P2. The summed E-state index contributed by atoms with van der Waals surface area (Å²) in [6.07, 6.45) is 43.4. The third kappa shape index (κ3) is 60.9. The van der Waals surface area contributed by atoms with Gasteiger partial charge in [-0.2, -0.15) is 0 Å². The van der Waals surface area contributed by atoms with Crippen molar-refractivity contribution < 1.29 is 80.2 Å². The number of hydrogen-bond donors (Lipinski definition) is 3. The molecule has 0 fully saturated rings. The Labute approximate surface area is 524 Å². The number of esters is 4. The van der Waals surface area contributed by atoms with Crippen LogP contribution in [0.4, 0.5) is 0 Å². The molecule has 0 radical (unpaired) electrons. The highest BCUT2D eigenvalue weighted by atomic mass is 31.2. The van der Waals surface area contributed by atoms with Gasteiger partial charge in [-0.3, -0.25) is 37.3 Å². The van der Waals surface area contributed by atoms with Gasteiger partial charge in [-0.25, -0.2) is 9.13 Å². The predicted octanol–water partition coefficient (Wildman–Crippen LogP) is 18.8. The first kappa shape index (κ1) is 84.1. The van der Waals surface area contributed by atoms with Crippen LogP contribution >= 0.6 is 15.6 Å². The van der Waals surface area contributed by atoms with Crippen molar-refractivity contribution in [1.29, 1.82) is 0 Å². The third-order valence-corrected chi connectivity index (χ3v) is 17.4. The molecule has 0 aliphatic heterocycles. The Hall–Kier alpha value is -1.94. The van der Waals surface area contributed by atoms with Crippen LogP contribution in [0.1, 0.15) is 337 Å². The lowest BCUT2D eigenvalue weighted by Gasteiger charge is -2.21. The van der Waals surface area contributed by atoms with Crippen molar-refractivity contribution in [1.82, 2.24) is 0 Å². The molecule has 0 spiro atoms. The zero-order valence-electron chi connectivity index (χ0n) is 55.6. The largest absolute Gasteiger partial charge is 0.472 e. The van der Waals surface area contributed by atoms with Crippen LogP contribution in [0.2, 0.25) is 0 Å². The molecule has 0 aromatic carbocycles. The van der Waals surface area contributed by atoms with Crippen molar-refractivity contribution >= 4 is 39.5 Å². The van der Waals surface area contributed by atoms with Crippen LogP contribution in [0.5, 0.6) is 0 Å². The fourth-order valence-electron chi connectivity index (χ4n) is 10.1. The van der Waals surface area contributed by atoms with Crippen LogP contribution in [-0.2, 0) is 65.4 Å². The summed E-state index contributed by atoms with van der Waals surface area (Å²) in [5.74, 6) is -0.785. The van der Waals surface area contributed by atoms with E-state index >= 15 is 0 Å². The second-order valence-electron chi connectivity index (χ2n) is 25.2. The van der Waals surface area contributed by atoms with Crippen LogP contribution in [0.3, 0.4) is 0 Å². The summed E-state index contributed by atoms with van der Waals surface area (Å²) in [5, 5.41) is 10.5. The number of phosphoric ester groups is 2. The van der Waals surface area contributed by atoms with E-state index in [0.717, 1.165) is 96.3 Å². The number of carbonyl (C=O) groups is 4. The Bertz CT molecular complexity index is 1680. The molecule has 19 heteroatoms. The fraction of sp³-hybridized carbons (Fsp3) is 0.940. The second-order valence-corrected chi connectivity index (χ2v) is 28.1. The van der Waals surface area contributed by atoms with Crippen LogP contribution < -0.4 is 0 Å². The first-order valence-electron chi connectivity index (χ1n) is 35.0. The van der Waals surface area contributed by atoms with E-state index in [1.54, 1.807) is 0 Å². The molecule has 0 aromatic heterocycles. The molecule has 0 aliphatic carbocycles. The normalized spacial score (nSPS) is 14.2. The molecule has 0 saturated heterocycles. The van der Waals surface area contributed by atoms with Gasteiger partial charge < -0.3 is 33.8 Å². The van der Waals surface area contributed by atoms with Crippen molar-refractivity contribution in [2.45, 2.75) is 355 Å². The number of aliphatic hydroxyl groups is 1. The highest BCUT2D eigenvalue weighted by Gasteiger charge is 2.30. The smallest absolute Gasteiger partial charge is 0.462 e. The van der Waals surface area contributed by atoms with Gasteiger partial charge in [-0.15, -0.1) is 0 Å². The molecule has 0 bridgehead atoms. The molecule has 0 aliphatic rings. The summed E-state index contributed by atoms with van der Waals surface area (Å²) in [7, 11) is -9.89. The van der Waals surface area contributed by atoms with Crippen LogP contribution in [-0.4, -0.2) is 96.7 Å². The second kappa shape index (κ2) is 59.4. The van der Waals surface area contributed by atoms with E-state index in [2.05, 4.69) is 41.5 Å². The monoisotopic (exact) mass is 1270 g/mol. The predicted molar refractivity (Wildman–Crippen MR) is 345 cm³/mol. The number of aliphatic hydroxyl groups excluding tert-OH is 1. The van der Waals surface area contributed by atoms with E-state index in [1.807, 2.05) is 0 Å². The zero-order valence-corrected chi connectivity index (χ0v) is 57.4. The Morgan fingerprint density at radius 2 is 0.535 bits per heavy atom. The maximum absolute atomic E-state index is 13.0. The van der Waals surface area contributed by atoms with E-state index in [0.29, 0.717) is 37.5 Å². The van der Waals surface area contributed by atoms with Gasteiger partial charge in [0.15, 0.2) is 12.2 Å². The highest BCUT2D eigenvalue weighted by molar-refractivity contribution is 7.47. The third-order valence-electron chi connectivity index (χ3n) is 15.5. The molecular weight excluding hydrogens is 1140 g/mol. The molecule has 0 aromatic rings. The molecule has 0 amide bonds. The van der Waals surface area contributed by atoms with E-state index in [1.165, 1.54) is 148 Å². The minimum absolute atomic E-state index is 0.101. The molecule has 0 saturated carbocycles. The van der Waals surface area contributed by atoms with Crippen molar-refractivity contribution in [3.8, 4) is 0 Å².